The van der Waals surface area contributed by atoms with Crippen LogP contribution in [0.2, 0.25) is 0 Å². The van der Waals surface area contributed by atoms with Crippen molar-refractivity contribution in [3.63, 3.8) is 0 Å². The first-order valence-electron chi connectivity index (χ1n) is 21.5. The van der Waals surface area contributed by atoms with Crippen molar-refractivity contribution in [2.45, 2.75) is 0 Å². The van der Waals surface area contributed by atoms with Crippen LogP contribution in [-0.4, -0.2) is 14.8 Å². The van der Waals surface area contributed by atoms with Crippen LogP contribution in [0, 0.1) is 0 Å². The molecule has 0 fully saturated rings. The number of anilines is 6. The van der Waals surface area contributed by atoms with Crippen LogP contribution < -0.4 is 36.6 Å². The van der Waals surface area contributed by atoms with Gasteiger partial charge in [-0.25, -0.2) is 0 Å². The predicted molar refractivity (Wildman–Crippen MR) is 267 cm³/mol. The minimum atomic E-state index is -2.65. The van der Waals surface area contributed by atoms with Crippen LogP contribution >= 0.6 is 0 Å². The van der Waals surface area contributed by atoms with E-state index in [0.717, 1.165) is 34.1 Å². The Hall–Kier alpha value is -7.66. The molecule has 9 aromatic rings. The van der Waals surface area contributed by atoms with Crippen LogP contribution in [0.1, 0.15) is 11.1 Å². The Bertz CT molecular complexity index is 2770. The minimum Gasteiger partial charge on any atom is -0.311 e. The zero-order valence-corrected chi connectivity index (χ0v) is 35.3. The molecule has 11 rings (SSSR count). The van der Waals surface area contributed by atoms with Gasteiger partial charge in [-0.15, -0.1) is 0 Å². The van der Waals surface area contributed by atoms with E-state index in [1.807, 2.05) is 0 Å². The van der Waals surface area contributed by atoms with Crippen LogP contribution in [0.25, 0.3) is 11.1 Å². The van der Waals surface area contributed by atoms with Crippen molar-refractivity contribution in [2.24, 2.45) is 0 Å². The van der Waals surface area contributed by atoms with E-state index in [1.54, 1.807) is 0 Å². The molecule has 0 amide bonds. The zero-order valence-electron chi connectivity index (χ0n) is 34.3. The van der Waals surface area contributed by atoms with E-state index >= 15 is 0 Å². The number of rotatable bonds is 9. The molecule has 9 aromatic carbocycles. The molecule has 0 saturated carbocycles. The quantitative estimate of drug-likeness (QED) is 0.134. The lowest BCUT2D eigenvalue weighted by molar-refractivity contribution is 1.28. The van der Waals surface area contributed by atoms with Crippen LogP contribution in [0.15, 0.2) is 260 Å². The zero-order chi connectivity index (χ0) is 41.3. The van der Waals surface area contributed by atoms with Crippen molar-refractivity contribution in [2.75, 3.05) is 9.80 Å². The Morgan fingerprint density at radius 3 is 0.919 bits per heavy atom. The summed E-state index contributed by atoms with van der Waals surface area (Å²) in [6.07, 6.45) is 0. The van der Waals surface area contributed by atoms with E-state index in [4.69, 9.17) is 0 Å². The third-order valence-corrected chi connectivity index (χ3v) is 16.7. The lowest BCUT2D eigenvalue weighted by atomic mass is 9.36. The molecule has 1 spiro atoms. The third-order valence-electron chi connectivity index (χ3n) is 12.5. The maximum Gasteiger partial charge on any atom is 0.240 e. The van der Waals surface area contributed by atoms with Crippen LogP contribution in [0.4, 0.5) is 34.1 Å². The second kappa shape index (κ2) is 16.1. The van der Waals surface area contributed by atoms with E-state index in [0.29, 0.717) is 0 Å². The minimum absolute atomic E-state index is 0.165. The fourth-order valence-corrected chi connectivity index (χ4v) is 14.5. The molecule has 0 bridgehead atoms. The van der Waals surface area contributed by atoms with E-state index in [2.05, 4.69) is 270 Å². The summed E-state index contributed by atoms with van der Waals surface area (Å²) >= 11 is 0. The topological polar surface area (TPSA) is 6.48 Å². The van der Waals surface area contributed by atoms with Gasteiger partial charge in [0.25, 0.3) is 0 Å². The molecule has 2 heterocycles. The number of fused-ring (bicyclic) bond motifs is 4. The first-order chi connectivity index (χ1) is 30.7. The number of benzene rings is 9. The van der Waals surface area contributed by atoms with Gasteiger partial charge in [0.2, 0.25) is 6.71 Å². The first kappa shape index (κ1) is 37.3. The molecule has 0 N–H and O–H groups in total. The van der Waals surface area contributed by atoms with Crippen molar-refractivity contribution >= 4 is 86.8 Å². The molecular formula is C58H43BN2Si. The maximum atomic E-state index is 2.69. The van der Waals surface area contributed by atoms with Gasteiger partial charge >= 0.3 is 0 Å². The lowest BCUT2D eigenvalue weighted by Crippen LogP contribution is -2.77. The van der Waals surface area contributed by atoms with Crippen molar-refractivity contribution in [1.82, 2.24) is 0 Å². The smallest absolute Gasteiger partial charge is 0.240 e. The number of allylic oxidation sites excluding steroid dienone is 2. The third kappa shape index (κ3) is 6.62. The molecule has 62 heavy (non-hydrogen) atoms. The molecular weight excluding hydrogens is 764 g/mol. The van der Waals surface area contributed by atoms with Crippen LogP contribution in [-0.2, 0) is 0 Å². The highest BCUT2D eigenvalue weighted by atomic mass is 28.3. The van der Waals surface area contributed by atoms with Gasteiger partial charge in [0.05, 0.1) is 0 Å². The Morgan fingerprint density at radius 1 is 0.274 bits per heavy atom. The number of para-hydroxylation sites is 4. The summed E-state index contributed by atoms with van der Waals surface area (Å²) in [7, 11) is -2.65. The molecule has 2 aliphatic heterocycles. The fraction of sp³-hybridized carbons (Fsp3) is 0. The van der Waals surface area contributed by atoms with Gasteiger partial charge in [-0.05, 0) is 95.1 Å². The largest absolute Gasteiger partial charge is 0.311 e. The maximum absolute atomic E-state index is 2.69. The molecule has 292 valence electrons. The van der Waals surface area contributed by atoms with Gasteiger partial charge in [-0.1, -0.05) is 214 Å². The van der Waals surface area contributed by atoms with Crippen LogP contribution in [0.3, 0.4) is 0 Å². The predicted octanol–water partition coefficient (Wildman–Crippen LogP) is 11.3. The van der Waals surface area contributed by atoms with Crippen molar-refractivity contribution in [3.05, 3.63) is 271 Å². The van der Waals surface area contributed by atoms with Gasteiger partial charge in [0.15, 0.2) is 8.07 Å². The molecule has 2 nitrogen and oxygen atoms in total. The summed E-state index contributed by atoms with van der Waals surface area (Å²) in [5.74, 6) is 0. The number of nitrogens with zero attached hydrogens (tertiary/aromatic N) is 2. The Labute approximate surface area is 366 Å². The molecule has 0 aliphatic carbocycles. The van der Waals surface area contributed by atoms with E-state index in [-0.39, 0.29) is 6.71 Å². The van der Waals surface area contributed by atoms with Gasteiger partial charge in [-0.2, -0.15) is 0 Å². The molecule has 0 radical (unpaired) electrons. The molecule has 0 aromatic heterocycles. The molecule has 0 atom stereocenters. The van der Waals surface area contributed by atoms with Gasteiger partial charge in [0.1, 0.15) is 0 Å². The highest BCUT2D eigenvalue weighted by Gasteiger charge is 2.47. The molecule has 2 aliphatic rings. The first-order valence-corrected chi connectivity index (χ1v) is 23.6. The Morgan fingerprint density at radius 2 is 0.565 bits per heavy atom. The number of hydrogen-bond donors (Lipinski definition) is 0. The fourth-order valence-electron chi connectivity index (χ4n) is 9.79. The standard InChI is InChI=1S/C58H43BN2Si/c1-6-20-46(21-7-1)59-55-30-16-18-32-57(55)62(58-33-19-17-31-56(58)59)42-53(44-34-38-51(39-35-44)60(47-22-8-2-9-23-47)48-24-10-3-11-25-48)54(43-62)45-36-40-52(41-37-45)61(49-26-12-4-13-27-49)50-28-14-5-15-29-50/h1-43H. The summed E-state index contributed by atoms with van der Waals surface area (Å²) in [5, 5.41) is 2.93. The highest BCUT2D eigenvalue weighted by Crippen LogP contribution is 2.43. The van der Waals surface area contributed by atoms with Gasteiger partial charge < -0.3 is 9.80 Å². The normalized spacial score (nSPS) is 13.5. The summed E-state index contributed by atoms with van der Waals surface area (Å²) in [6.45, 7) is 0.165. The summed E-state index contributed by atoms with van der Waals surface area (Å²) in [4.78, 5) is 4.67. The average Bonchev–Trinajstić information content (AvgIpc) is 3.75. The second-order valence-corrected chi connectivity index (χ2v) is 19.5. The lowest BCUT2D eigenvalue weighted by Gasteiger charge is -2.37. The van der Waals surface area contributed by atoms with Crippen LogP contribution in [0.5, 0.6) is 0 Å². The molecule has 4 heteroatoms. The van der Waals surface area contributed by atoms with E-state index in [1.165, 1.54) is 49.0 Å². The summed E-state index contributed by atoms with van der Waals surface area (Å²) in [6, 6.07) is 90.7. The summed E-state index contributed by atoms with van der Waals surface area (Å²) in [5.41, 5.74) is 21.3. The van der Waals surface area contributed by atoms with E-state index in [9.17, 15) is 0 Å². The second-order valence-electron chi connectivity index (χ2n) is 16.1. The Balaban J connectivity index is 1.08. The highest BCUT2D eigenvalue weighted by molar-refractivity contribution is 7.20. The van der Waals surface area contributed by atoms with Gasteiger partial charge in [0, 0.05) is 34.1 Å². The average molecular weight is 807 g/mol. The molecule has 0 unspecified atom stereocenters. The van der Waals surface area contributed by atoms with Crippen molar-refractivity contribution in [1.29, 1.82) is 0 Å². The van der Waals surface area contributed by atoms with Gasteiger partial charge in [-0.3, -0.25) is 0 Å². The SMILES string of the molecule is C1=C(c2ccc(N(c3ccccc3)c3ccccc3)cc2)C(c2ccc(N(c3ccccc3)c3ccccc3)cc2)=C[Si]12c1ccccc1B(c1ccccc1)c1ccccc12. The summed E-state index contributed by atoms with van der Waals surface area (Å²) < 4.78 is 0. The van der Waals surface area contributed by atoms with Crippen molar-refractivity contribution < 1.29 is 0 Å². The Kier molecular flexibility index (Phi) is 9.68. The number of hydrogen-bond acceptors (Lipinski definition) is 2. The molecule has 0 saturated heterocycles. The van der Waals surface area contributed by atoms with Crippen molar-refractivity contribution in [3.8, 4) is 0 Å². The van der Waals surface area contributed by atoms with E-state index < -0.39 is 8.07 Å². The monoisotopic (exact) mass is 806 g/mol.